The van der Waals surface area contributed by atoms with E-state index in [1.807, 2.05) is 13.1 Å². The number of nitrogens with zero attached hydrogens (tertiary/aromatic N) is 3. The normalized spacial score (nSPS) is 30.3. The third-order valence-corrected chi connectivity index (χ3v) is 8.83. The van der Waals surface area contributed by atoms with Gasteiger partial charge in [-0.2, -0.15) is 4.39 Å². The molecule has 188 valence electrons. The van der Waals surface area contributed by atoms with Crippen molar-refractivity contribution in [1.82, 2.24) is 20.8 Å². The van der Waals surface area contributed by atoms with Gasteiger partial charge in [-0.3, -0.25) is 5.43 Å². The molecule has 10 heteroatoms. The number of halogens is 3. The molecule has 2 N–H and O–H groups in total. The van der Waals surface area contributed by atoms with Crippen LogP contribution in [0.15, 0.2) is 24.5 Å². The van der Waals surface area contributed by atoms with Crippen LogP contribution < -0.4 is 15.8 Å². The average molecular weight is 522 g/mol. The third-order valence-electron chi connectivity index (χ3n) is 8.16. The van der Waals surface area contributed by atoms with Gasteiger partial charge in [-0.15, -0.1) is 0 Å². The lowest BCUT2D eigenvalue weighted by Gasteiger charge is -2.47. The number of hydrogen-bond donors (Lipinski definition) is 2. The van der Waals surface area contributed by atoms with E-state index in [4.69, 9.17) is 37.7 Å². The second-order valence-corrected chi connectivity index (χ2v) is 11.3. The molecule has 6 rings (SSSR count). The van der Waals surface area contributed by atoms with Crippen LogP contribution in [0.3, 0.4) is 0 Å². The first kappa shape index (κ1) is 23.8. The molecule has 0 aromatic carbocycles. The predicted octanol–water partition coefficient (Wildman–Crippen LogP) is 4.61. The lowest BCUT2D eigenvalue weighted by molar-refractivity contribution is -0.0371. The number of fused-ring (bicyclic) bond motifs is 1. The summed E-state index contributed by atoms with van der Waals surface area (Å²) in [5, 5.41) is 0.250. The Balaban J connectivity index is 1.10. The summed E-state index contributed by atoms with van der Waals surface area (Å²) in [6.07, 6.45) is 6.80. The second-order valence-electron chi connectivity index (χ2n) is 10.5. The number of ether oxygens (including phenoxy) is 2. The Morgan fingerprint density at radius 1 is 1.20 bits per heavy atom. The Hall–Kier alpha value is -1.55. The highest BCUT2D eigenvalue weighted by Crippen LogP contribution is 2.43. The number of nitrogens with one attached hydrogen (secondary N) is 2. The molecule has 5 atom stereocenters. The van der Waals surface area contributed by atoms with Gasteiger partial charge in [0, 0.05) is 49.1 Å². The van der Waals surface area contributed by atoms with Crippen LogP contribution in [0.4, 0.5) is 10.2 Å². The quantitative estimate of drug-likeness (QED) is 0.556. The highest BCUT2D eigenvalue weighted by Gasteiger charge is 2.46. The van der Waals surface area contributed by atoms with Gasteiger partial charge in [0.2, 0.25) is 5.95 Å². The average Bonchev–Trinajstić information content (AvgIpc) is 3.49. The summed E-state index contributed by atoms with van der Waals surface area (Å²) in [4.78, 5) is 10.7. The number of aromatic nitrogens is 2. The fourth-order valence-corrected chi connectivity index (χ4v) is 6.90. The van der Waals surface area contributed by atoms with Crippen LogP contribution in [0.2, 0.25) is 10.0 Å². The minimum absolute atomic E-state index is 0.0250. The van der Waals surface area contributed by atoms with E-state index in [2.05, 4.69) is 32.9 Å². The summed E-state index contributed by atoms with van der Waals surface area (Å²) in [5.74, 6) is 0.665. The maximum Gasteiger partial charge on any atom is 0.232 e. The highest BCUT2D eigenvalue weighted by atomic mass is 35.5. The molecule has 0 bridgehead atoms. The lowest BCUT2D eigenvalue weighted by Crippen LogP contribution is -2.57. The fourth-order valence-electron chi connectivity index (χ4n) is 6.25. The van der Waals surface area contributed by atoms with E-state index in [0.29, 0.717) is 28.0 Å². The molecule has 35 heavy (non-hydrogen) atoms. The first-order chi connectivity index (χ1) is 16.9. The first-order valence-corrected chi connectivity index (χ1v) is 13.1. The van der Waals surface area contributed by atoms with Crippen LogP contribution in [-0.2, 0) is 9.47 Å². The molecule has 1 spiro atoms. The van der Waals surface area contributed by atoms with Crippen molar-refractivity contribution in [2.24, 2.45) is 11.3 Å². The standard InChI is InChI=1S/C25H30Cl2FN5O2/c1-14(21-18(26)10-30-24(28)22(21)27)35-16-3-4-19-17(8-16)23(32-31-19)15-2-5-20(29-9-15)33-11-25(12-33)6-7-34-13-25/h2,5,9-10,14,16-17,19,23,31-32H,3-4,6-8,11-13H2,1H3/t14-,16?,17?,19?,23?/m1/s1. The SMILES string of the molecule is C[C@@H](OC1CCC2NNC(c3ccc(N4CC5(CCOC5)C4)nc3)C2C1)c1c(Cl)cnc(F)c1Cl. The smallest absolute Gasteiger partial charge is 0.232 e. The maximum absolute atomic E-state index is 13.9. The molecular weight excluding hydrogens is 492 g/mol. The molecule has 4 fully saturated rings. The number of hydrazine groups is 1. The summed E-state index contributed by atoms with van der Waals surface area (Å²) in [6, 6.07) is 4.85. The topological polar surface area (TPSA) is 71.5 Å². The number of anilines is 1. The van der Waals surface area contributed by atoms with Crippen LogP contribution in [0.1, 0.15) is 55.9 Å². The second kappa shape index (κ2) is 9.39. The van der Waals surface area contributed by atoms with Gasteiger partial charge < -0.3 is 14.4 Å². The van der Waals surface area contributed by atoms with Crippen molar-refractivity contribution in [1.29, 1.82) is 0 Å². The Kier molecular flexibility index (Phi) is 6.40. The molecule has 7 nitrogen and oxygen atoms in total. The molecular formula is C25H30Cl2FN5O2. The van der Waals surface area contributed by atoms with Crippen molar-refractivity contribution in [2.75, 3.05) is 31.2 Å². The van der Waals surface area contributed by atoms with Gasteiger partial charge >= 0.3 is 0 Å². The third kappa shape index (κ3) is 4.43. The van der Waals surface area contributed by atoms with Crippen LogP contribution in [-0.4, -0.2) is 48.4 Å². The Morgan fingerprint density at radius 3 is 2.80 bits per heavy atom. The summed E-state index contributed by atoms with van der Waals surface area (Å²) in [5.41, 5.74) is 8.93. The van der Waals surface area contributed by atoms with Gasteiger partial charge in [0.25, 0.3) is 0 Å². The summed E-state index contributed by atoms with van der Waals surface area (Å²) < 4.78 is 25.9. The zero-order valence-electron chi connectivity index (χ0n) is 19.6. The van der Waals surface area contributed by atoms with E-state index < -0.39 is 12.1 Å². The summed E-state index contributed by atoms with van der Waals surface area (Å²) >= 11 is 12.4. The number of pyridine rings is 2. The molecule has 4 aliphatic rings. The van der Waals surface area contributed by atoms with Gasteiger partial charge in [0.05, 0.1) is 29.9 Å². The molecule has 1 saturated carbocycles. The number of hydrogen-bond acceptors (Lipinski definition) is 7. The Bertz CT molecular complexity index is 1080. The Morgan fingerprint density at radius 2 is 2.06 bits per heavy atom. The molecule has 1 aliphatic carbocycles. The lowest BCUT2D eigenvalue weighted by atomic mass is 9.78. The minimum Gasteiger partial charge on any atom is -0.381 e. The van der Waals surface area contributed by atoms with Crippen molar-refractivity contribution >= 4 is 29.0 Å². The molecule has 5 heterocycles. The van der Waals surface area contributed by atoms with E-state index in [-0.39, 0.29) is 17.2 Å². The molecule has 2 aromatic heterocycles. The van der Waals surface area contributed by atoms with E-state index in [1.165, 1.54) is 11.8 Å². The minimum atomic E-state index is -0.726. The largest absolute Gasteiger partial charge is 0.381 e. The van der Waals surface area contributed by atoms with Gasteiger partial charge in [-0.1, -0.05) is 29.3 Å². The zero-order chi connectivity index (χ0) is 24.2. The van der Waals surface area contributed by atoms with Gasteiger partial charge in [0.1, 0.15) is 10.8 Å². The Labute approximate surface area is 214 Å². The van der Waals surface area contributed by atoms with Crippen molar-refractivity contribution in [2.45, 2.75) is 56.9 Å². The van der Waals surface area contributed by atoms with Crippen molar-refractivity contribution in [3.8, 4) is 0 Å². The van der Waals surface area contributed by atoms with Crippen LogP contribution in [0.25, 0.3) is 0 Å². The van der Waals surface area contributed by atoms with Crippen molar-refractivity contribution in [3.63, 3.8) is 0 Å². The van der Waals surface area contributed by atoms with E-state index >= 15 is 0 Å². The van der Waals surface area contributed by atoms with Crippen LogP contribution in [0.5, 0.6) is 0 Å². The van der Waals surface area contributed by atoms with E-state index in [1.54, 1.807) is 0 Å². The van der Waals surface area contributed by atoms with Crippen LogP contribution in [0, 0.1) is 17.3 Å². The van der Waals surface area contributed by atoms with E-state index in [0.717, 1.165) is 57.8 Å². The maximum atomic E-state index is 13.9. The van der Waals surface area contributed by atoms with Gasteiger partial charge in [-0.25, -0.2) is 15.4 Å². The molecule has 3 saturated heterocycles. The monoisotopic (exact) mass is 521 g/mol. The summed E-state index contributed by atoms with van der Waals surface area (Å²) in [7, 11) is 0. The summed E-state index contributed by atoms with van der Waals surface area (Å²) in [6.45, 7) is 5.67. The highest BCUT2D eigenvalue weighted by molar-refractivity contribution is 6.35. The van der Waals surface area contributed by atoms with E-state index in [9.17, 15) is 4.39 Å². The zero-order valence-corrected chi connectivity index (χ0v) is 21.2. The van der Waals surface area contributed by atoms with Crippen molar-refractivity contribution in [3.05, 3.63) is 51.6 Å². The first-order valence-electron chi connectivity index (χ1n) is 12.4. The molecule has 4 unspecified atom stereocenters. The van der Waals surface area contributed by atoms with Gasteiger partial charge in [0.15, 0.2) is 0 Å². The molecule has 3 aliphatic heterocycles. The number of rotatable bonds is 5. The predicted molar refractivity (Wildman–Crippen MR) is 132 cm³/mol. The van der Waals surface area contributed by atoms with Gasteiger partial charge in [-0.05, 0) is 50.2 Å². The van der Waals surface area contributed by atoms with Crippen LogP contribution >= 0.6 is 23.2 Å². The molecule has 0 radical (unpaired) electrons. The fraction of sp³-hybridized carbons (Fsp3) is 0.600. The molecule has 2 aromatic rings. The molecule has 0 amide bonds. The van der Waals surface area contributed by atoms with Crippen molar-refractivity contribution < 1.29 is 13.9 Å².